The molecule has 1 amide bonds. The fourth-order valence-corrected chi connectivity index (χ4v) is 7.45. The van der Waals surface area contributed by atoms with Crippen LogP contribution in [0.3, 0.4) is 0 Å². The minimum atomic E-state index is -5.21. The molecular weight excluding hydrogens is 638 g/mol. The molecule has 2 aromatic rings. The number of carbonyl (C=O) groups excluding carboxylic acids is 1. The Labute approximate surface area is 251 Å². The van der Waals surface area contributed by atoms with E-state index >= 15 is 0 Å². The monoisotopic (exact) mass is 670 g/mol. The lowest BCUT2D eigenvalue weighted by Crippen LogP contribution is -2.48. The lowest BCUT2D eigenvalue weighted by Gasteiger charge is -2.33. The van der Waals surface area contributed by atoms with Gasteiger partial charge in [-0.1, -0.05) is 24.3 Å². The molecule has 9 nitrogen and oxygen atoms in total. The van der Waals surface area contributed by atoms with E-state index in [0.29, 0.717) is 58.1 Å². The zero-order valence-electron chi connectivity index (χ0n) is 23.6. The van der Waals surface area contributed by atoms with Crippen molar-refractivity contribution in [2.45, 2.75) is 61.6 Å². The summed E-state index contributed by atoms with van der Waals surface area (Å²) in [6.45, 7) is 2.45. The van der Waals surface area contributed by atoms with Crippen LogP contribution in [0.25, 0.3) is 0 Å². The second kappa shape index (κ2) is 12.9. The van der Waals surface area contributed by atoms with Crippen molar-refractivity contribution in [3.63, 3.8) is 0 Å². The number of hydrogen-bond donors (Lipinski definition) is 2. The van der Waals surface area contributed by atoms with E-state index in [-0.39, 0.29) is 6.07 Å². The topological polar surface area (TPSA) is 116 Å². The smallest absolute Gasteiger partial charge is 0.349 e. The number of alkyl halides is 6. The number of sulfonamides is 2. The standard InChI is InChI=1S/C27H32F6N4O5S2/c1-43(39,40)37-12-10-36(11-13-37)17-18-8-9-22-19(14-18)4-2-7-23(22)34-25(38)16-24(27(31,32)33)35-44(41,42)21-6-3-5-20(15-21)26(28,29)30/h3,5-6,8-9,14-15,23-24,35H,2,4,7,10-13,16-17H2,1H3,(H,34,38)/t23-,24-/m1/s1. The van der Waals surface area contributed by atoms with E-state index in [2.05, 4.69) is 10.2 Å². The van der Waals surface area contributed by atoms with Gasteiger partial charge in [0.05, 0.1) is 29.2 Å². The normalized spacial score (nSPS) is 19.8. The first-order valence-corrected chi connectivity index (χ1v) is 17.0. The predicted molar refractivity (Wildman–Crippen MR) is 148 cm³/mol. The summed E-state index contributed by atoms with van der Waals surface area (Å²) in [6, 6.07) is 4.39. The van der Waals surface area contributed by atoms with Crippen molar-refractivity contribution in [3.8, 4) is 0 Å². The Kier molecular flexibility index (Phi) is 10.0. The van der Waals surface area contributed by atoms with Gasteiger partial charge < -0.3 is 5.32 Å². The van der Waals surface area contributed by atoms with Gasteiger partial charge in [-0.05, 0) is 54.2 Å². The summed E-state index contributed by atoms with van der Waals surface area (Å²) in [5.41, 5.74) is 1.25. The highest BCUT2D eigenvalue weighted by atomic mass is 32.2. The Hall–Kier alpha value is -2.73. The molecule has 0 spiro atoms. The third kappa shape index (κ3) is 8.71. The van der Waals surface area contributed by atoms with Crippen molar-refractivity contribution in [1.82, 2.24) is 19.2 Å². The highest BCUT2D eigenvalue weighted by Gasteiger charge is 2.44. The summed E-state index contributed by atoms with van der Waals surface area (Å²) in [7, 11) is -8.32. The van der Waals surface area contributed by atoms with E-state index in [4.69, 9.17) is 0 Å². The molecule has 244 valence electrons. The Morgan fingerprint density at radius 2 is 1.66 bits per heavy atom. The molecule has 1 heterocycles. The maximum Gasteiger partial charge on any atom is 0.416 e. The summed E-state index contributed by atoms with van der Waals surface area (Å²) in [4.78, 5) is 13.9. The van der Waals surface area contributed by atoms with Gasteiger partial charge in [-0.3, -0.25) is 9.69 Å². The van der Waals surface area contributed by atoms with Gasteiger partial charge >= 0.3 is 12.4 Å². The molecule has 2 N–H and O–H groups in total. The van der Waals surface area contributed by atoms with Crippen LogP contribution in [0.2, 0.25) is 0 Å². The minimum Gasteiger partial charge on any atom is -0.349 e. The predicted octanol–water partition coefficient (Wildman–Crippen LogP) is 3.58. The van der Waals surface area contributed by atoms with Crippen LogP contribution in [-0.4, -0.2) is 76.6 Å². The van der Waals surface area contributed by atoms with Gasteiger partial charge in [0.1, 0.15) is 6.04 Å². The Bertz CT molecular complexity index is 1570. The number of fused-ring (bicyclic) bond motifs is 1. The number of piperazine rings is 1. The van der Waals surface area contributed by atoms with Crippen molar-refractivity contribution in [2.75, 3.05) is 32.4 Å². The van der Waals surface area contributed by atoms with E-state index in [1.165, 1.54) is 15.3 Å². The molecule has 44 heavy (non-hydrogen) atoms. The largest absolute Gasteiger partial charge is 0.416 e. The highest BCUT2D eigenvalue weighted by Crippen LogP contribution is 2.33. The molecule has 1 aliphatic carbocycles. The van der Waals surface area contributed by atoms with Crippen molar-refractivity contribution in [1.29, 1.82) is 0 Å². The molecule has 17 heteroatoms. The average Bonchev–Trinajstić information content (AvgIpc) is 2.91. The van der Waals surface area contributed by atoms with Crippen molar-refractivity contribution >= 4 is 26.0 Å². The molecule has 2 atom stereocenters. The summed E-state index contributed by atoms with van der Waals surface area (Å²) in [5, 5.41) is 2.56. The third-order valence-electron chi connectivity index (χ3n) is 7.62. The van der Waals surface area contributed by atoms with Crippen LogP contribution < -0.4 is 10.0 Å². The van der Waals surface area contributed by atoms with Crippen molar-refractivity contribution in [2.24, 2.45) is 0 Å². The molecule has 0 radical (unpaired) electrons. The highest BCUT2D eigenvalue weighted by molar-refractivity contribution is 7.89. The molecule has 2 aliphatic rings. The number of carbonyl (C=O) groups is 1. The summed E-state index contributed by atoms with van der Waals surface area (Å²) in [5.74, 6) is -1.08. The van der Waals surface area contributed by atoms with Gasteiger partial charge in [0.25, 0.3) is 0 Å². The van der Waals surface area contributed by atoms with E-state index in [1.807, 2.05) is 12.1 Å². The fourth-order valence-electron chi connectivity index (χ4n) is 5.35. The van der Waals surface area contributed by atoms with Crippen molar-refractivity contribution < 1.29 is 48.0 Å². The molecule has 4 rings (SSSR count). The number of amides is 1. The van der Waals surface area contributed by atoms with E-state index in [1.54, 1.807) is 6.07 Å². The molecule has 0 bridgehead atoms. The number of aryl methyl sites for hydroxylation is 1. The molecule has 0 saturated carbocycles. The van der Waals surface area contributed by atoms with E-state index in [9.17, 15) is 48.0 Å². The van der Waals surface area contributed by atoms with Gasteiger partial charge in [-0.2, -0.15) is 35.4 Å². The second-order valence-electron chi connectivity index (χ2n) is 10.9. The van der Waals surface area contributed by atoms with Gasteiger partial charge in [-0.15, -0.1) is 0 Å². The second-order valence-corrected chi connectivity index (χ2v) is 14.6. The summed E-state index contributed by atoms with van der Waals surface area (Å²) < 4.78 is 132. The van der Waals surface area contributed by atoms with Gasteiger partial charge in [0, 0.05) is 32.7 Å². The van der Waals surface area contributed by atoms with Crippen LogP contribution in [0.15, 0.2) is 47.4 Å². The first kappa shape index (κ1) is 34.1. The van der Waals surface area contributed by atoms with Crippen LogP contribution >= 0.6 is 0 Å². The maximum absolute atomic E-state index is 13.8. The number of hydrogen-bond acceptors (Lipinski definition) is 6. The molecule has 2 aromatic carbocycles. The minimum absolute atomic E-state index is 0.221. The SMILES string of the molecule is CS(=O)(=O)N1CCN(Cc2ccc3c(c2)CCC[C@H]3NC(=O)C[C@@H](NS(=O)(=O)c2cccc(C(F)(F)F)c2)C(F)(F)F)CC1. The zero-order valence-corrected chi connectivity index (χ0v) is 25.2. The Morgan fingerprint density at radius 3 is 2.27 bits per heavy atom. The number of rotatable bonds is 9. The first-order valence-electron chi connectivity index (χ1n) is 13.7. The van der Waals surface area contributed by atoms with Crippen LogP contribution in [0.4, 0.5) is 26.3 Å². The third-order valence-corrected chi connectivity index (χ3v) is 10.4. The zero-order chi connectivity index (χ0) is 32.5. The maximum atomic E-state index is 13.8. The molecule has 0 aromatic heterocycles. The van der Waals surface area contributed by atoms with Gasteiger partial charge in [-0.25, -0.2) is 16.8 Å². The summed E-state index contributed by atoms with van der Waals surface area (Å²) in [6.07, 6.45) is -8.51. The first-order chi connectivity index (χ1) is 20.3. The Morgan fingerprint density at radius 1 is 0.977 bits per heavy atom. The fraction of sp³-hybridized carbons (Fsp3) is 0.519. The van der Waals surface area contributed by atoms with Crippen LogP contribution in [-0.2, 0) is 44.0 Å². The molecule has 1 aliphatic heterocycles. The van der Waals surface area contributed by atoms with E-state index in [0.717, 1.165) is 28.8 Å². The van der Waals surface area contributed by atoms with Crippen LogP contribution in [0.5, 0.6) is 0 Å². The molecule has 1 fully saturated rings. The molecule has 1 saturated heterocycles. The lowest BCUT2D eigenvalue weighted by molar-refractivity contribution is -0.158. The number of benzene rings is 2. The van der Waals surface area contributed by atoms with Crippen LogP contribution in [0, 0.1) is 0 Å². The Balaban J connectivity index is 1.41. The number of nitrogens with zero attached hydrogens (tertiary/aromatic N) is 2. The van der Waals surface area contributed by atoms with Crippen molar-refractivity contribution in [3.05, 3.63) is 64.7 Å². The average molecular weight is 671 g/mol. The van der Waals surface area contributed by atoms with E-state index < -0.39 is 67.3 Å². The lowest BCUT2D eigenvalue weighted by atomic mass is 9.86. The van der Waals surface area contributed by atoms with Gasteiger partial charge in [0.2, 0.25) is 26.0 Å². The van der Waals surface area contributed by atoms with Gasteiger partial charge in [0.15, 0.2) is 0 Å². The van der Waals surface area contributed by atoms with Crippen LogP contribution in [0.1, 0.15) is 47.6 Å². The number of nitrogens with one attached hydrogen (secondary N) is 2. The number of halogens is 6. The molecule has 0 unspecified atom stereocenters. The quantitative estimate of drug-likeness (QED) is 0.395. The summed E-state index contributed by atoms with van der Waals surface area (Å²) >= 11 is 0. The molecular formula is C27H32F6N4O5S2.